The molecule has 0 saturated carbocycles. The van der Waals surface area contributed by atoms with Gasteiger partial charge in [-0.15, -0.1) is 0 Å². The van der Waals surface area contributed by atoms with Gasteiger partial charge in [-0.25, -0.2) is 8.78 Å². The van der Waals surface area contributed by atoms with Crippen molar-refractivity contribution in [1.82, 2.24) is 9.88 Å². The number of carbonyl (C=O) groups excluding carboxylic acids is 1. The van der Waals surface area contributed by atoms with Crippen LogP contribution in [-0.4, -0.2) is 35.1 Å². The molecule has 0 N–H and O–H groups in total. The minimum atomic E-state index is -0.944. The van der Waals surface area contributed by atoms with E-state index in [1.165, 1.54) is 11.1 Å². The molecule has 5 heteroatoms. The fourth-order valence-corrected chi connectivity index (χ4v) is 1.30. The number of likely N-dealkylation sites (tertiary alicyclic amines) is 1. The van der Waals surface area contributed by atoms with Crippen molar-refractivity contribution in [1.29, 1.82) is 0 Å². The largest absolute Gasteiger partial charge is 0.333 e. The Morgan fingerprint density at radius 2 is 2.21 bits per heavy atom. The summed E-state index contributed by atoms with van der Waals surface area (Å²) in [4.78, 5) is 16.3. The Bertz CT molecular complexity index is 364. The molecular weight excluding hydrogens is 190 g/mol. The molecule has 2 rings (SSSR count). The van der Waals surface area contributed by atoms with E-state index in [0.717, 1.165) is 12.3 Å². The highest BCUT2D eigenvalue weighted by Gasteiger charge is 2.31. The third kappa shape index (κ3) is 1.57. The molecule has 1 amide bonds. The molecule has 0 radical (unpaired) electrons. The zero-order valence-corrected chi connectivity index (χ0v) is 7.28. The molecule has 0 unspecified atom stereocenters. The summed E-state index contributed by atoms with van der Waals surface area (Å²) in [6, 6.07) is 1.10. The molecule has 1 aliphatic heterocycles. The molecule has 1 fully saturated rings. The molecule has 2 heterocycles. The summed E-state index contributed by atoms with van der Waals surface area (Å²) in [5.74, 6) is -0.931. The van der Waals surface area contributed by atoms with Gasteiger partial charge in [0.05, 0.1) is 24.8 Å². The summed E-state index contributed by atoms with van der Waals surface area (Å²) in [7, 11) is 0. The molecule has 3 nitrogen and oxygen atoms in total. The molecule has 74 valence electrons. The number of rotatable bonds is 1. The van der Waals surface area contributed by atoms with Crippen molar-refractivity contribution in [3.05, 3.63) is 29.8 Å². The van der Waals surface area contributed by atoms with Crippen LogP contribution in [-0.2, 0) is 0 Å². The van der Waals surface area contributed by atoms with Gasteiger partial charge in [-0.1, -0.05) is 0 Å². The second kappa shape index (κ2) is 3.32. The Hall–Kier alpha value is -1.52. The Labute approximate surface area is 79.4 Å². The van der Waals surface area contributed by atoms with Gasteiger partial charge in [0.25, 0.3) is 5.91 Å². The fourth-order valence-electron chi connectivity index (χ4n) is 1.30. The van der Waals surface area contributed by atoms with Crippen LogP contribution in [0.2, 0.25) is 0 Å². The van der Waals surface area contributed by atoms with Crippen molar-refractivity contribution in [3.63, 3.8) is 0 Å². The topological polar surface area (TPSA) is 33.2 Å². The summed E-state index contributed by atoms with van der Waals surface area (Å²) >= 11 is 0. The van der Waals surface area contributed by atoms with Crippen LogP contribution < -0.4 is 0 Å². The van der Waals surface area contributed by atoms with Crippen LogP contribution in [0.1, 0.15) is 10.4 Å². The Kier molecular flexibility index (Phi) is 2.15. The lowest BCUT2D eigenvalue weighted by atomic mass is 10.1. The molecule has 1 saturated heterocycles. The maximum absolute atomic E-state index is 12.7. The highest BCUT2D eigenvalue weighted by molar-refractivity contribution is 5.94. The first kappa shape index (κ1) is 9.05. The Balaban J connectivity index is 2.12. The zero-order chi connectivity index (χ0) is 10.1. The molecule has 14 heavy (non-hydrogen) atoms. The van der Waals surface area contributed by atoms with Crippen molar-refractivity contribution in [3.8, 4) is 0 Å². The second-order valence-corrected chi connectivity index (χ2v) is 3.20. The molecule has 0 bridgehead atoms. The molecule has 0 atom stereocenters. The minimum absolute atomic E-state index is 0.0926. The predicted molar refractivity (Wildman–Crippen MR) is 45.0 cm³/mol. The van der Waals surface area contributed by atoms with E-state index in [1.807, 2.05) is 0 Å². The van der Waals surface area contributed by atoms with Gasteiger partial charge in [-0.05, 0) is 6.07 Å². The number of aromatic nitrogens is 1. The second-order valence-electron chi connectivity index (χ2n) is 3.20. The van der Waals surface area contributed by atoms with E-state index in [-0.39, 0.29) is 24.6 Å². The summed E-state index contributed by atoms with van der Waals surface area (Å²) in [5.41, 5.74) is 0.164. The van der Waals surface area contributed by atoms with E-state index < -0.39 is 12.0 Å². The number of hydrogen-bond donors (Lipinski definition) is 0. The van der Waals surface area contributed by atoms with Crippen molar-refractivity contribution in [2.45, 2.75) is 6.17 Å². The highest BCUT2D eigenvalue weighted by atomic mass is 19.1. The van der Waals surface area contributed by atoms with E-state index in [2.05, 4.69) is 4.98 Å². The van der Waals surface area contributed by atoms with Crippen LogP contribution in [0, 0.1) is 5.82 Å². The molecular formula is C9H8F2N2O. The zero-order valence-electron chi connectivity index (χ0n) is 7.28. The third-order valence-electron chi connectivity index (χ3n) is 2.08. The van der Waals surface area contributed by atoms with Crippen LogP contribution in [0.3, 0.4) is 0 Å². The first-order chi connectivity index (χ1) is 6.66. The lowest BCUT2D eigenvalue weighted by molar-refractivity contribution is 0.0399. The predicted octanol–water partition coefficient (Wildman–Crippen LogP) is 1.01. The minimum Gasteiger partial charge on any atom is -0.333 e. The average molecular weight is 198 g/mol. The van der Waals surface area contributed by atoms with E-state index in [0.29, 0.717) is 0 Å². The van der Waals surface area contributed by atoms with Gasteiger partial charge in [0.1, 0.15) is 12.0 Å². The number of amides is 1. The van der Waals surface area contributed by atoms with Gasteiger partial charge in [-0.2, -0.15) is 0 Å². The van der Waals surface area contributed by atoms with Gasteiger partial charge >= 0.3 is 0 Å². The first-order valence-electron chi connectivity index (χ1n) is 4.20. The Morgan fingerprint density at radius 1 is 1.50 bits per heavy atom. The quantitative estimate of drug-likeness (QED) is 0.674. The summed E-state index contributed by atoms with van der Waals surface area (Å²) in [5, 5.41) is 0. The number of pyridine rings is 1. The molecule has 1 aromatic heterocycles. The van der Waals surface area contributed by atoms with Gasteiger partial charge in [0.2, 0.25) is 0 Å². The molecule has 0 spiro atoms. The average Bonchev–Trinajstić information content (AvgIpc) is 2.12. The molecule has 1 aliphatic rings. The SMILES string of the molecule is O=C(c1cncc(F)c1)N1CC(F)C1. The van der Waals surface area contributed by atoms with E-state index in [9.17, 15) is 13.6 Å². The molecule has 0 aliphatic carbocycles. The van der Waals surface area contributed by atoms with Crippen molar-refractivity contribution >= 4 is 5.91 Å². The number of alkyl halides is 1. The van der Waals surface area contributed by atoms with Crippen molar-refractivity contribution in [2.75, 3.05) is 13.1 Å². The van der Waals surface area contributed by atoms with Crippen LogP contribution in [0.4, 0.5) is 8.78 Å². The normalized spacial score (nSPS) is 16.6. The smallest absolute Gasteiger partial charge is 0.255 e. The fraction of sp³-hybridized carbons (Fsp3) is 0.333. The van der Waals surface area contributed by atoms with Gasteiger partial charge in [0.15, 0.2) is 0 Å². The number of hydrogen-bond acceptors (Lipinski definition) is 2. The maximum Gasteiger partial charge on any atom is 0.255 e. The summed E-state index contributed by atoms with van der Waals surface area (Å²) in [6.07, 6.45) is 1.35. The monoisotopic (exact) mass is 198 g/mol. The first-order valence-corrected chi connectivity index (χ1v) is 4.20. The van der Waals surface area contributed by atoms with E-state index >= 15 is 0 Å². The van der Waals surface area contributed by atoms with Crippen molar-refractivity contribution < 1.29 is 13.6 Å². The van der Waals surface area contributed by atoms with E-state index in [1.54, 1.807) is 0 Å². The van der Waals surface area contributed by atoms with Gasteiger partial charge in [0, 0.05) is 6.20 Å². The maximum atomic E-state index is 12.7. The summed E-state index contributed by atoms with van der Waals surface area (Å²) in [6.45, 7) is 0.185. The lowest BCUT2D eigenvalue weighted by Gasteiger charge is -2.34. The number of nitrogens with zero attached hydrogens (tertiary/aromatic N) is 2. The van der Waals surface area contributed by atoms with Crippen LogP contribution in [0.5, 0.6) is 0 Å². The highest BCUT2D eigenvalue weighted by Crippen LogP contribution is 2.15. The van der Waals surface area contributed by atoms with Crippen molar-refractivity contribution in [2.24, 2.45) is 0 Å². The molecule has 1 aromatic rings. The van der Waals surface area contributed by atoms with Crippen LogP contribution in [0.25, 0.3) is 0 Å². The van der Waals surface area contributed by atoms with Crippen LogP contribution in [0.15, 0.2) is 18.5 Å². The van der Waals surface area contributed by atoms with E-state index in [4.69, 9.17) is 0 Å². The third-order valence-corrected chi connectivity index (χ3v) is 2.08. The van der Waals surface area contributed by atoms with Gasteiger partial charge in [-0.3, -0.25) is 9.78 Å². The van der Waals surface area contributed by atoms with Crippen LogP contribution >= 0.6 is 0 Å². The molecule has 0 aromatic carbocycles. The standard InChI is InChI=1S/C9H8F2N2O/c10-7-1-6(2-12-3-7)9(14)13-4-8(11)5-13/h1-3,8H,4-5H2. The lowest BCUT2D eigenvalue weighted by Crippen LogP contribution is -2.51. The number of carbonyl (C=O) groups is 1. The number of halogens is 2. The summed E-state index contributed by atoms with van der Waals surface area (Å²) < 4.78 is 25.1. The Morgan fingerprint density at radius 3 is 2.79 bits per heavy atom. The van der Waals surface area contributed by atoms with Gasteiger partial charge < -0.3 is 4.90 Å².